The van der Waals surface area contributed by atoms with E-state index in [0.29, 0.717) is 40.2 Å². The maximum absolute atomic E-state index is 13.1. The van der Waals surface area contributed by atoms with Crippen LogP contribution in [0.3, 0.4) is 0 Å². The van der Waals surface area contributed by atoms with Gasteiger partial charge in [0.2, 0.25) is 0 Å². The number of rotatable bonds is 7. The van der Waals surface area contributed by atoms with Gasteiger partial charge in [-0.3, -0.25) is 9.89 Å². The highest BCUT2D eigenvalue weighted by Gasteiger charge is 2.19. The molecule has 1 amide bonds. The topological polar surface area (TPSA) is 76.2 Å². The molecular formula is C25H22FN3O3. The minimum absolute atomic E-state index is 0.274. The minimum atomic E-state index is -0.292. The van der Waals surface area contributed by atoms with Crippen LogP contribution in [0.5, 0.6) is 11.5 Å². The summed E-state index contributed by atoms with van der Waals surface area (Å²) in [5.74, 6) is 0.565. The number of hydrogen-bond donors (Lipinski definition) is 2. The number of fused-ring (bicyclic) bond motifs is 1. The van der Waals surface area contributed by atoms with Gasteiger partial charge >= 0.3 is 0 Å². The van der Waals surface area contributed by atoms with Crippen LogP contribution in [0.2, 0.25) is 0 Å². The first-order valence-electron chi connectivity index (χ1n) is 9.99. The average molecular weight is 431 g/mol. The molecule has 0 radical (unpaired) electrons. The quantitative estimate of drug-likeness (QED) is 0.440. The molecule has 0 fully saturated rings. The lowest BCUT2D eigenvalue weighted by molar-refractivity contribution is 0.0948. The summed E-state index contributed by atoms with van der Waals surface area (Å²) in [6, 6.07) is 17.1. The second kappa shape index (κ2) is 9.34. The Kier molecular flexibility index (Phi) is 6.17. The van der Waals surface area contributed by atoms with Crippen molar-refractivity contribution < 1.29 is 18.7 Å². The van der Waals surface area contributed by atoms with Gasteiger partial charge in [-0.1, -0.05) is 36.4 Å². The maximum Gasteiger partial charge on any atom is 0.255 e. The molecule has 0 aliphatic heterocycles. The number of ether oxygens (including phenoxy) is 2. The van der Waals surface area contributed by atoms with Gasteiger partial charge in [0.05, 0.1) is 36.4 Å². The number of amides is 1. The summed E-state index contributed by atoms with van der Waals surface area (Å²) in [5, 5.41) is 10.9. The predicted molar refractivity (Wildman–Crippen MR) is 122 cm³/mol. The number of benzene rings is 3. The third kappa shape index (κ3) is 4.32. The Balaban J connectivity index is 1.63. The molecular weight excluding hydrogens is 409 g/mol. The van der Waals surface area contributed by atoms with Gasteiger partial charge in [0.15, 0.2) is 0 Å². The normalized spacial score (nSPS) is 11.1. The van der Waals surface area contributed by atoms with Crippen molar-refractivity contribution in [1.29, 1.82) is 0 Å². The number of hydrogen-bond acceptors (Lipinski definition) is 4. The first-order chi connectivity index (χ1) is 15.6. The second-order valence-corrected chi connectivity index (χ2v) is 7.06. The summed E-state index contributed by atoms with van der Waals surface area (Å²) in [5.41, 5.74) is 3.45. The van der Waals surface area contributed by atoms with Crippen LogP contribution in [-0.2, 0) is 6.54 Å². The van der Waals surface area contributed by atoms with Crippen molar-refractivity contribution >= 4 is 29.0 Å². The summed E-state index contributed by atoms with van der Waals surface area (Å²) in [7, 11) is 3.11. The van der Waals surface area contributed by atoms with Crippen molar-refractivity contribution in [3.63, 3.8) is 0 Å². The van der Waals surface area contributed by atoms with Crippen LogP contribution in [-0.4, -0.2) is 30.3 Å². The summed E-state index contributed by atoms with van der Waals surface area (Å²) < 4.78 is 24.1. The van der Waals surface area contributed by atoms with Crippen molar-refractivity contribution in [2.45, 2.75) is 6.54 Å². The van der Waals surface area contributed by atoms with Gasteiger partial charge in [-0.05, 0) is 42.0 Å². The number of carbonyl (C=O) groups is 1. The standard InChI is InChI=1S/C25H22FN3O3/c1-31-22-6-4-3-5-17(22)15-27-25(30)19-12-14-21-23(24(19)32-2)20(28-29-21)13-9-16-7-10-18(26)11-8-16/h3-14H,15H2,1-2H3,(H,27,30)(H,28,29)/b13-9+. The largest absolute Gasteiger partial charge is 0.496 e. The lowest BCUT2D eigenvalue weighted by Gasteiger charge is -2.12. The number of nitrogens with zero attached hydrogens (tertiary/aromatic N) is 1. The fraction of sp³-hybridized carbons (Fsp3) is 0.120. The highest BCUT2D eigenvalue weighted by atomic mass is 19.1. The Morgan fingerprint density at radius 2 is 1.81 bits per heavy atom. The summed E-state index contributed by atoms with van der Waals surface area (Å²) >= 11 is 0. The molecule has 4 aromatic rings. The monoisotopic (exact) mass is 431 g/mol. The van der Waals surface area contributed by atoms with E-state index in [1.807, 2.05) is 36.4 Å². The molecule has 0 spiro atoms. The van der Waals surface area contributed by atoms with Crippen molar-refractivity contribution in [2.75, 3.05) is 14.2 Å². The Labute approximate surface area is 184 Å². The second-order valence-electron chi connectivity index (χ2n) is 7.06. The molecule has 0 saturated heterocycles. The van der Waals surface area contributed by atoms with E-state index in [1.165, 1.54) is 19.2 Å². The maximum atomic E-state index is 13.1. The first kappa shape index (κ1) is 21.1. The van der Waals surface area contributed by atoms with Crippen LogP contribution in [0.1, 0.15) is 27.2 Å². The van der Waals surface area contributed by atoms with Crippen molar-refractivity contribution in [3.8, 4) is 11.5 Å². The van der Waals surface area contributed by atoms with E-state index in [9.17, 15) is 9.18 Å². The lowest BCUT2D eigenvalue weighted by atomic mass is 10.1. The molecule has 3 aromatic carbocycles. The Bertz CT molecular complexity index is 1280. The lowest BCUT2D eigenvalue weighted by Crippen LogP contribution is -2.23. The molecule has 0 aliphatic rings. The van der Waals surface area contributed by atoms with Gasteiger partial charge in [-0.2, -0.15) is 5.10 Å². The van der Waals surface area contributed by atoms with Crippen molar-refractivity contribution in [3.05, 3.63) is 88.9 Å². The zero-order valence-corrected chi connectivity index (χ0v) is 17.7. The fourth-order valence-corrected chi connectivity index (χ4v) is 3.49. The summed E-state index contributed by atoms with van der Waals surface area (Å²) in [6.07, 6.45) is 3.65. The third-order valence-electron chi connectivity index (χ3n) is 5.09. The molecule has 2 N–H and O–H groups in total. The number of nitrogens with one attached hydrogen (secondary N) is 2. The van der Waals surface area contributed by atoms with Crippen LogP contribution in [0.4, 0.5) is 4.39 Å². The van der Waals surface area contributed by atoms with Crippen molar-refractivity contribution in [2.24, 2.45) is 0 Å². The molecule has 7 heteroatoms. The summed E-state index contributed by atoms with van der Waals surface area (Å²) in [4.78, 5) is 13.0. The van der Waals surface area contributed by atoms with Gasteiger partial charge in [-0.15, -0.1) is 0 Å². The third-order valence-corrected chi connectivity index (χ3v) is 5.09. The number of carbonyl (C=O) groups excluding carboxylic acids is 1. The van der Waals surface area contributed by atoms with Gasteiger partial charge in [-0.25, -0.2) is 4.39 Å². The molecule has 0 saturated carbocycles. The van der Waals surface area contributed by atoms with Crippen LogP contribution in [0.25, 0.3) is 23.1 Å². The molecule has 1 heterocycles. The van der Waals surface area contributed by atoms with E-state index in [1.54, 1.807) is 31.4 Å². The zero-order valence-electron chi connectivity index (χ0n) is 17.7. The fourth-order valence-electron chi connectivity index (χ4n) is 3.49. The summed E-state index contributed by atoms with van der Waals surface area (Å²) in [6.45, 7) is 0.312. The van der Waals surface area contributed by atoms with E-state index in [4.69, 9.17) is 9.47 Å². The van der Waals surface area contributed by atoms with Gasteiger partial charge in [0, 0.05) is 12.1 Å². The Morgan fingerprint density at radius 3 is 2.56 bits per heavy atom. The van der Waals surface area contributed by atoms with Crippen molar-refractivity contribution in [1.82, 2.24) is 15.5 Å². The van der Waals surface area contributed by atoms with Crippen LogP contribution >= 0.6 is 0 Å². The zero-order chi connectivity index (χ0) is 22.5. The van der Waals surface area contributed by atoms with E-state index in [0.717, 1.165) is 11.1 Å². The van der Waals surface area contributed by atoms with E-state index in [2.05, 4.69) is 15.5 Å². The van der Waals surface area contributed by atoms with Gasteiger partial charge in [0.1, 0.15) is 17.3 Å². The smallest absolute Gasteiger partial charge is 0.255 e. The molecule has 1 aromatic heterocycles. The van der Waals surface area contributed by atoms with Gasteiger partial charge in [0.25, 0.3) is 5.91 Å². The molecule has 6 nitrogen and oxygen atoms in total. The number of para-hydroxylation sites is 1. The number of aromatic amines is 1. The molecule has 162 valence electrons. The molecule has 0 atom stereocenters. The van der Waals surface area contributed by atoms with E-state index < -0.39 is 0 Å². The molecule has 0 bridgehead atoms. The highest BCUT2D eigenvalue weighted by Crippen LogP contribution is 2.32. The molecule has 0 unspecified atom stereocenters. The predicted octanol–water partition coefficient (Wildman–Crippen LogP) is 4.82. The van der Waals surface area contributed by atoms with E-state index >= 15 is 0 Å². The molecule has 4 rings (SSSR count). The average Bonchev–Trinajstić information content (AvgIpc) is 3.25. The van der Waals surface area contributed by atoms with Crippen LogP contribution < -0.4 is 14.8 Å². The minimum Gasteiger partial charge on any atom is -0.496 e. The highest BCUT2D eigenvalue weighted by molar-refractivity contribution is 6.05. The van der Waals surface area contributed by atoms with Crippen LogP contribution in [0, 0.1) is 5.82 Å². The number of methoxy groups -OCH3 is 2. The first-order valence-corrected chi connectivity index (χ1v) is 9.99. The Morgan fingerprint density at radius 1 is 1.03 bits per heavy atom. The number of halogens is 1. The van der Waals surface area contributed by atoms with Gasteiger partial charge < -0.3 is 14.8 Å². The van der Waals surface area contributed by atoms with Crippen LogP contribution in [0.15, 0.2) is 60.7 Å². The molecule has 0 aliphatic carbocycles. The van der Waals surface area contributed by atoms with E-state index in [-0.39, 0.29) is 11.7 Å². The Hall–Kier alpha value is -4.13. The molecule has 32 heavy (non-hydrogen) atoms. The SMILES string of the molecule is COc1ccccc1CNC(=O)c1ccc2n[nH]c(/C=C/c3ccc(F)cc3)c2c1OC. The number of aromatic nitrogens is 2. The number of H-pyrrole nitrogens is 1.